The summed E-state index contributed by atoms with van der Waals surface area (Å²) in [6.07, 6.45) is 3.28. The van der Waals surface area contributed by atoms with Crippen LogP contribution in [0.25, 0.3) is 0 Å². The quantitative estimate of drug-likeness (QED) is 0.362. The Hall–Kier alpha value is -3.76. The molecule has 0 atom stereocenters. The van der Waals surface area contributed by atoms with Gasteiger partial charge >= 0.3 is 0 Å². The summed E-state index contributed by atoms with van der Waals surface area (Å²) in [5, 5.41) is 0. The number of carbonyl (C=O) groups is 1. The number of carbonyl (C=O) groups excluding carboxylic acids is 1. The van der Waals surface area contributed by atoms with Gasteiger partial charge in [-0.25, -0.2) is 24.8 Å². The minimum absolute atomic E-state index is 0.0269. The fourth-order valence-corrected chi connectivity index (χ4v) is 7.50. The highest BCUT2D eigenvalue weighted by Gasteiger charge is 2.41. The van der Waals surface area contributed by atoms with Gasteiger partial charge in [0, 0.05) is 30.1 Å². The summed E-state index contributed by atoms with van der Waals surface area (Å²) in [7, 11) is -8.24. The van der Waals surface area contributed by atoms with Gasteiger partial charge in [0.05, 0.1) is 15.5 Å². The Balaban J connectivity index is 1.58. The van der Waals surface area contributed by atoms with Gasteiger partial charge in [-0.2, -0.15) is 0 Å². The van der Waals surface area contributed by atoms with Crippen molar-refractivity contribution in [3.8, 4) is 0 Å². The van der Waals surface area contributed by atoms with Crippen LogP contribution in [0.3, 0.4) is 0 Å². The average Bonchev–Trinajstić information content (AvgIpc) is 3.48. The van der Waals surface area contributed by atoms with Crippen LogP contribution in [0.2, 0.25) is 0 Å². The Kier molecular flexibility index (Phi) is 4.80. The van der Waals surface area contributed by atoms with E-state index in [0.29, 0.717) is 35.4 Å². The van der Waals surface area contributed by atoms with Crippen LogP contribution in [0.1, 0.15) is 44.0 Å². The zero-order valence-corrected chi connectivity index (χ0v) is 21.1. The van der Waals surface area contributed by atoms with Gasteiger partial charge in [0.25, 0.3) is 20.0 Å². The summed E-state index contributed by atoms with van der Waals surface area (Å²) in [5.74, 6) is -0.677. The van der Waals surface area contributed by atoms with E-state index in [-0.39, 0.29) is 21.2 Å². The molecule has 8 nitrogen and oxygen atoms in total. The number of hydrogen-bond donors (Lipinski definition) is 0. The molecule has 0 spiro atoms. The Morgan fingerprint density at radius 3 is 1.89 bits per heavy atom. The van der Waals surface area contributed by atoms with Crippen molar-refractivity contribution in [1.82, 2.24) is 7.94 Å². The van der Waals surface area contributed by atoms with E-state index in [0.717, 1.165) is 19.1 Å². The fourth-order valence-electron chi connectivity index (χ4n) is 4.76. The highest BCUT2D eigenvalue weighted by atomic mass is 32.2. The highest BCUT2D eigenvalue weighted by molar-refractivity contribution is 7.90. The van der Waals surface area contributed by atoms with E-state index in [9.17, 15) is 21.6 Å². The number of aliphatic imine (C=N–C) groups is 1. The number of aryl methyl sites for hydroxylation is 2. The third-order valence-electron chi connectivity index (χ3n) is 6.63. The van der Waals surface area contributed by atoms with Crippen LogP contribution in [0.5, 0.6) is 0 Å². The molecule has 2 aliphatic rings. The lowest BCUT2D eigenvalue weighted by Gasteiger charge is -2.22. The Labute approximate surface area is 208 Å². The molecule has 10 heteroatoms. The number of nitrogens with zero attached hydrogens (tertiary/aromatic N) is 3. The monoisotopic (exact) mass is 519 g/mol. The molecule has 2 aromatic carbocycles. The number of fused-ring (bicyclic) bond motifs is 2. The van der Waals surface area contributed by atoms with Crippen molar-refractivity contribution in [1.29, 1.82) is 0 Å². The van der Waals surface area contributed by atoms with Crippen LogP contribution in [0.4, 0.5) is 0 Å². The lowest BCUT2D eigenvalue weighted by Crippen LogP contribution is -2.30. The van der Waals surface area contributed by atoms with Gasteiger partial charge in [-0.1, -0.05) is 35.4 Å². The summed E-state index contributed by atoms with van der Waals surface area (Å²) >= 11 is 0. The number of benzene rings is 2. The molecular formula is C26H21N3O5S2. The zero-order valence-electron chi connectivity index (χ0n) is 19.5. The SMILES string of the molecule is Cc1ccc(S(=O)(=O)n2ccc3c2C(=O)c2c4c(cn2S(=O)(=O)c2ccc(C)cc2)CCN=C34)cc1. The fraction of sp³-hybridized carbons (Fsp3) is 0.154. The van der Waals surface area contributed by atoms with Gasteiger partial charge in [-0.15, -0.1) is 0 Å². The van der Waals surface area contributed by atoms with Gasteiger partial charge in [-0.3, -0.25) is 9.79 Å². The molecule has 2 aromatic heterocycles. The number of hydrogen-bond acceptors (Lipinski definition) is 6. The minimum Gasteiger partial charge on any atom is -0.285 e. The van der Waals surface area contributed by atoms with E-state index in [1.165, 1.54) is 36.7 Å². The molecule has 1 aliphatic carbocycles. The molecule has 0 amide bonds. The van der Waals surface area contributed by atoms with Gasteiger partial charge < -0.3 is 0 Å². The molecule has 0 fully saturated rings. The maximum atomic E-state index is 13.9. The Bertz CT molecular complexity index is 1820. The first-order chi connectivity index (χ1) is 17.1. The van der Waals surface area contributed by atoms with Gasteiger partial charge in [0.2, 0.25) is 5.78 Å². The van der Waals surface area contributed by atoms with Crippen molar-refractivity contribution in [3.05, 3.63) is 106 Å². The molecule has 0 saturated heterocycles. The van der Waals surface area contributed by atoms with Crippen LogP contribution in [-0.4, -0.2) is 42.8 Å². The van der Waals surface area contributed by atoms with E-state index in [2.05, 4.69) is 4.99 Å². The maximum absolute atomic E-state index is 13.9. The Morgan fingerprint density at radius 2 is 1.31 bits per heavy atom. The number of rotatable bonds is 4. The van der Waals surface area contributed by atoms with E-state index in [1.807, 2.05) is 13.8 Å². The standard InChI is InChI=1S/C26H21N3O5S2/c1-16-3-7-19(8-4-16)35(31,32)28-14-12-21-23-22-18(11-13-27-23)15-29(25(22)26(30)24(21)28)36(33,34)20-9-5-17(2)6-10-20/h3-10,12,14-15H,11,13H2,1-2H3. The molecule has 36 heavy (non-hydrogen) atoms. The second-order valence-corrected chi connectivity index (χ2v) is 12.6. The molecular weight excluding hydrogens is 498 g/mol. The van der Waals surface area contributed by atoms with E-state index >= 15 is 0 Å². The maximum Gasteiger partial charge on any atom is 0.268 e. The summed E-state index contributed by atoms with van der Waals surface area (Å²) in [6.45, 7) is 4.10. The van der Waals surface area contributed by atoms with Crippen molar-refractivity contribution in [2.45, 2.75) is 30.1 Å². The lowest BCUT2D eigenvalue weighted by molar-refractivity contribution is 0.102. The average molecular weight is 520 g/mol. The molecule has 182 valence electrons. The largest absolute Gasteiger partial charge is 0.285 e. The summed E-state index contributed by atoms with van der Waals surface area (Å²) < 4.78 is 56.3. The van der Waals surface area contributed by atoms with Gasteiger partial charge in [0.1, 0.15) is 11.4 Å². The van der Waals surface area contributed by atoms with Crippen LogP contribution >= 0.6 is 0 Å². The van der Waals surface area contributed by atoms with Crippen molar-refractivity contribution >= 4 is 31.5 Å². The van der Waals surface area contributed by atoms with Gasteiger partial charge in [0.15, 0.2) is 0 Å². The summed E-state index contributed by atoms with van der Waals surface area (Å²) in [4.78, 5) is 18.6. The molecule has 0 unspecified atom stereocenters. The van der Waals surface area contributed by atoms with Crippen LogP contribution in [0, 0.1) is 13.8 Å². The molecule has 4 aromatic rings. The van der Waals surface area contributed by atoms with Crippen LogP contribution < -0.4 is 0 Å². The number of ketones is 1. The van der Waals surface area contributed by atoms with E-state index < -0.39 is 25.8 Å². The molecule has 0 saturated carbocycles. The van der Waals surface area contributed by atoms with Crippen molar-refractivity contribution in [2.75, 3.05) is 6.54 Å². The molecule has 0 bridgehead atoms. The van der Waals surface area contributed by atoms with E-state index in [1.54, 1.807) is 30.3 Å². The van der Waals surface area contributed by atoms with Crippen molar-refractivity contribution in [3.63, 3.8) is 0 Å². The van der Waals surface area contributed by atoms with Gasteiger partial charge in [-0.05, 0) is 56.2 Å². The minimum atomic E-state index is -4.12. The van der Waals surface area contributed by atoms with Crippen molar-refractivity contribution < 1.29 is 21.6 Å². The first kappa shape index (κ1) is 22.7. The third kappa shape index (κ3) is 3.11. The normalized spacial score (nSPS) is 14.8. The van der Waals surface area contributed by atoms with Crippen molar-refractivity contribution in [2.24, 2.45) is 4.99 Å². The molecule has 6 rings (SSSR count). The second kappa shape index (κ2) is 7.62. The van der Waals surface area contributed by atoms with Crippen LogP contribution in [0.15, 0.2) is 81.8 Å². The zero-order chi connectivity index (χ0) is 25.4. The highest BCUT2D eigenvalue weighted by Crippen LogP contribution is 2.37. The topological polar surface area (TPSA) is 108 Å². The number of aromatic nitrogens is 2. The molecule has 1 aliphatic heterocycles. The predicted molar refractivity (Wildman–Crippen MR) is 134 cm³/mol. The van der Waals surface area contributed by atoms with E-state index in [4.69, 9.17) is 0 Å². The first-order valence-corrected chi connectivity index (χ1v) is 14.2. The summed E-state index contributed by atoms with van der Waals surface area (Å²) in [5.41, 5.74) is 3.57. The van der Waals surface area contributed by atoms with Crippen LogP contribution in [-0.2, 0) is 26.5 Å². The first-order valence-electron chi connectivity index (χ1n) is 11.3. The lowest BCUT2D eigenvalue weighted by atomic mass is 9.88. The second-order valence-electron chi connectivity index (χ2n) is 8.99. The third-order valence-corrected chi connectivity index (χ3v) is 10.00. The molecule has 0 radical (unpaired) electrons. The Morgan fingerprint density at radius 1 is 0.750 bits per heavy atom. The summed E-state index contributed by atoms with van der Waals surface area (Å²) in [6, 6.07) is 14.2. The smallest absolute Gasteiger partial charge is 0.268 e. The predicted octanol–water partition coefficient (Wildman–Crippen LogP) is 3.32. The molecule has 0 N–H and O–H groups in total. The molecule has 3 heterocycles.